The van der Waals surface area contributed by atoms with Crippen molar-refractivity contribution in [1.29, 1.82) is 5.26 Å². The summed E-state index contributed by atoms with van der Waals surface area (Å²) >= 11 is 0. The van der Waals surface area contributed by atoms with Crippen molar-refractivity contribution >= 4 is 5.91 Å². The highest BCUT2D eigenvalue weighted by atomic mass is 16.2. The Balaban J connectivity index is 1.98. The Hall–Kier alpha value is -1.89. The van der Waals surface area contributed by atoms with Gasteiger partial charge >= 0.3 is 0 Å². The molecule has 1 aromatic heterocycles. The predicted molar refractivity (Wildman–Crippen MR) is 58.0 cm³/mol. The molecule has 1 unspecified atom stereocenters. The number of aromatic nitrogens is 1. The van der Waals surface area contributed by atoms with E-state index in [1.54, 1.807) is 17.3 Å². The van der Waals surface area contributed by atoms with E-state index in [-0.39, 0.29) is 11.8 Å². The van der Waals surface area contributed by atoms with Crippen LogP contribution in [0.1, 0.15) is 18.4 Å². The van der Waals surface area contributed by atoms with Crippen LogP contribution in [0.3, 0.4) is 0 Å². The Morgan fingerprint density at radius 1 is 1.62 bits per heavy atom. The highest BCUT2D eigenvalue weighted by Gasteiger charge is 2.25. The van der Waals surface area contributed by atoms with Crippen molar-refractivity contribution in [2.45, 2.75) is 19.4 Å². The lowest BCUT2D eigenvalue weighted by Gasteiger charge is -2.28. The SMILES string of the molecule is N#CC1CCN(Cc2cccnc2)C(=O)C1. The lowest BCUT2D eigenvalue weighted by molar-refractivity contribution is -0.134. The van der Waals surface area contributed by atoms with Crippen LogP contribution in [-0.4, -0.2) is 22.3 Å². The number of amides is 1. The highest BCUT2D eigenvalue weighted by molar-refractivity contribution is 5.77. The molecule has 1 aromatic rings. The number of likely N-dealkylation sites (tertiary alicyclic amines) is 1. The lowest BCUT2D eigenvalue weighted by Crippen LogP contribution is -2.37. The molecule has 0 aromatic carbocycles. The summed E-state index contributed by atoms with van der Waals surface area (Å²) in [6, 6.07) is 5.98. The van der Waals surface area contributed by atoms with E-state index in [2.05, 4.69) is 11.1 Å². The van der Waals surface area contributed by atoms with Crippen LogP contribution in [0.5, 0.6) is 0 Å². The van der Waals surface area contributed by atoms with Crippen LogP contribution in [0.4, 0.5) is 0 Å². The largest absolute Gasteiger partial charge is 0.338 e. The Morgan fingerprint density at radius 3 is 3.12 bits per heavy atom. The van der Waals surface area contributed by atoms with Gasteiger partial charge in [0.2, 0.25) is 5.91 Å². The first-order valence-electron chi connectivity index (χ1n) is 5.36. The van der Waals surface area contributed by atoms with Crippen LogP contribution in [0.2, 0.25) is 0 Å². The fourth-order valence-electron chi connectivity index (χ4n) is 1.87. The zero-order chi connectivity index (χ0) is 11.4. The van der Waals surface area contributed by atoms with Crippen molar-refractivity contribution in [3.63, 3.8) is 0 Å². The van der Waals surface area contributed by atoms with Crippen molar-refractivity contribution < 1.29 is 4.79 Å². The van der Waals surface area contributed by atoms with Gasteiger partial charge in [0.05, 0.1) is 12.0 Å². The monoisotopic (exact) mass is 215 g/mol. The molecule has 0 N–H and O–H groups in total. The van der Waals surface area contributed by atoms with E-state index in [4.69, 9.17) is 5.26 Å². The minimum atomic E-state index is -0.0994. The number of pyridine rings is 1. The standard InChI is InChI=1S/C12H13N3O/c13-7-10-3-5-15(12(16)6-10)9-11-2-1-4-14-8-11/h1-2,4,8,10H,3,5-6,9H2. The molecule has 1 aliphatic heterocycles. The van der Waals surface area contributed by atoms with Crippen molar-refractivity contribution in [3.8, 4) is 6.07 Å². The van der Waals surface area contributed by atoms with Crippen molar-refractivity contribution in [2.24, 2.45) is 5.92 Å². The number of rotatable bonds is 2. The highest BCUT2D eigenvalue weighted by Crippen LogP contribution is 2.19. The van der Waals surface area contributed by atoms with Gasteiger partial charge in [-0.1, -0.05) is 6.07 Å². The molecule has 1 atom stereocenters. The number of hydrogen-bond donors (Lipinski definition) is 0. The zero-order valence-electron chi connectivity index (χ0n) is 8.97. The Bertz CT molecular complexity index is 410. The van der Waals surface area contributed by atoms with Gasteiger partial charge in [0.25, 0.3) is 0 Å². The number of nitriles is 1. The molecular weight excluding hydrogens is 202 g/mol. The third-order valence-corrected chi connectivity index (χ3v) is 2.80. The normalized spacial score (nSPS) is 20.6. The van der Waals surface area contributed by atoms with Gasteiger partial charge in [0, 0.05) is 31.9 Å². The van der Waals surface area contributed by atoms with Crippen LogP contribution in [0.15, 0.2) is 24.5 Å². The number of carbonyl (C=O) groups is 1. The van der Waals surface area contributed by atoms with Crippen molar-refractivity contribution in [1.82, 2.24) is 9.88 Å². The molecule has 4 nitrogen and oxygen atoms in total. The molecule has 0 bridgehead atoms. The predicted octanol–water partition coefficient (Wildman–Crippen LogP) is 1.34. The number of hydrogen-bond acceptors (Lipinski definition) is 3. The quantitative estimate of drug-likeness (QED) is 0.748. The second kappa shape index (κ2) is 4.75. The van der Waals surface area contributed by atoms with Gasteiger partial charge in [-0.15, -0.1) is 0 Å². The van der Waals surface area contributed by atoms with Crippen LogP contribution < -0.4 is 0 Å². The molecule has 4 heteroatoms. The van der Waals surface area contributed by atoms with Crippen molar-refractivity contribution in [3.05, 3.63) is 30.1 Å². The van der Waals surface area contributed by atoms with E-state index >= 15 is 0 Å². The molecule has 0 aliphatic carbocycles. The molecule has 0 saturated carbocycles. The molecular formula is C12H13N3O. The maximum atomic E-state index is 11.7. The molecule has 0 spiro atoms. The minimum Gasteiger partial charge on any atom is -0.338 e. The Morgan fingerprint density at radius 2 is 2.50 bits per heavy atom. The van der Waals surface area contributed by atoms with Gasteiger partial charge in [-0.05, 0) is 18.1 Å². The van der Waals surface area contributed by atoms with E-state index < -0.39 is 0 Å². The van der Waals surface area contributed by atoms with Crippen LogP contribution in [-0.2, 0) is 11.3 Å². The maximum absolute atomic E-state index is 11.7. The summed E-state index contributed by atoms with van der Waals surface area (Å²) < 4.78 is 0. The van der Waals surface area contributed by atoms with Gasteiger partial charge in [0.1, 0.15) is 0 Å². The average molecular weight is 215 g/mol. The fourth-order valence-corrected chi connectivity index (χ4v) is 1.87. The lowest BCUT2D eigenvalue weighted by atomic mass is 9.97. The number of nitrogens with zero attached hydrogens (tertiary/aromatic N) is 3. The van der Waals surface area contributed by atoms with Gasteiger partial charge in [-0.3, -0.25) is 9.78 Å². The average Bonchev–Trinajstić information content (AvgIpc) is 2.33. The van der Waals surface area contributed by atoms with Gasteiger partial charge < -0.3 is 4.90 Å². The second-order valence-corrected chi connectivity index (χ2v) is 4.00. The Labute approximate surface area is 94.5 Å². The van der Waals surface area contributed by atoms with Crippen LogP contribution in [0.25, 0.3) is 0 Å². The summed E-state index contributed by atoms with van der Waals surface area (Å²) in [6.07, 6.45) is 4.62. The fraction of sp³-hybridized carbons (Fsp3) is 0.417. The summed E-state index contributed by atoms with van der Waals surface area (Å²) in [7, 11) is 0. The van der Waals surface area contributed by atoms with E-state index in [0.29, 0.717) is 19.5 Å². The maximum Gasteiger partial charge on any atom is 0.224 e. The van der Waals surface area contributed by atoms with Crippen LogP contribution in [0, 0.1) is 17.2 Å². The summed E-state index contributed by atoms with van der Waals surface area (Å²) in [5.74, 6) is -0.0284. The molecule has 1 saturated heterocycles. The zero-order valence-corrected chi connectivity index (χ0v) is 8.97. The number of piperidine rings is 1. The molecule has 1 fully saturated rings. The first kappa shape index (κ1) is 10.6. The molecule has 82 valence electrons. The van der Waals surface area contributed by atoms with E-state index in [0.717, 1.165) is 12.0 Å². The summed E-state index contributed by atoms with van der Waals surface area (Å²) in [5.41, 5.74) is 1.03. The van der Waals surface area contributed by atoms with E-state index in [1.807, 2.05) is 12.1 Å². The third-order valence-electron chi connectivity index (χ3n) is 2.80. The first-order valence-corrected chi connectivity index (χ1v) is 5.36. The molecule has 0 radical (unpaired) electrons. The first-order chi connectivity index (χ1) is 7.79. The van der Waals surface area contributed by atoms with Gasteiger partial charge in [-0.2, -0.15) is 5.26 Å². The second-order valence-electron chi connectivity index (χ2n) is 4.00. The molecule has 2 rings (SSSR count). The van der Waals surface area contributed by atoms with E-state index in [1.165, 1.54) is 0 Å². The van der Waals surface area contributed by atoms with Crippen molar-refractivity contribution in [2.75, 3.05) is 6.54 Å². The van der Waals surface area contributed by atoms with Gasteiger partial charge in [-0.25, -0.2) is 0 Å². The van der Waals surface area contributed by atoms with Crippen LogP contribution >= 0.6 is 0 Å². The summed E-state index contributed by atoms with van der Waals surface area (Å²) in [5, 5.41) is 8.75. The molecule has 16 heavy (non-hydrogen) atoms. The Kier molecular flexibility index (Phi) is 3.16. The molecule has 1 amide bonds. The summed E-state index contributed by atoms with van der Waals surface area (Å²) in [4.78, 5) is 17.5. The minimum absolute atomic E-state index is 0.0710. The smallest absolute Gasteiger partial charge is 0.224 e. The molecule has 2 heterocycles. The number of carbonyl (C=O) groups excluding carboxylic acids is 1. The topological polar surface area (TPSA) is 57.0 Å². The molecule has 1 aliphatic rings. The van der Waals surface area contributed by atoms with E-state index in [9.17, 15) is 4.79 Å². The van der Waals surface area contributed by atoms with Gasteiger partial charge in [0.15, 0.2) is 0 Å². The third kappa shape index (κ3) is 2.37. The summed E-state index contributed by atoms with van der Waals surface area (Å²) in [6.45, 7) is 1.27.